The van der Waals surface area contributed by atoms with Crippen molar-refractivity contribution in [3.63, 3.8) is 0 Å². The fourth-order valence-corrected chi connectivity index (χ4v) is 10.2. The van der Waals surface area contributed by atoms with Crippen molar-refractivity contribution < 1.29 is 0 Å². The van der Waals surface area contributed by atoms with Crippen LogP contribution in [0.3, 0.4) is 0 Å². The van der Waals surface area contributed by atoms with Gasteiger partial charge in [-0.2, -0.15) is 0 Å². The third-order valence-electron chi connectivity index (χ3n) is 13.4. The van der Waals surface area contributed by atoms with E-state index in [9.17, 15) is 0 Å². The third-order valence-corrected chi connectivity index (χ3v) is 13.4. The van der Waals surface area contributed by atoms with Gasteiger partial charge in [0, 0.05) is 44.4 Å². The van der Waals surface area contributed by atoms with E-state index in [0.29, 0.717) is 5.82 Å². The van der Waals surface area contributed by atoms with Gasteiger partial charge in [0.15, 0.2) is 5.82 Å². The predicted molar refractivity (Wildman–Crippen MR) is 285 cm³/mol. The number of benzene rings is 10. The Morgan fingerprint density at radius 2 is 0.618 bits per heavy atom. The third kappa shape index (κ3) is 6.69. The van der Waals surface area contributed by atoms with Crippen molar-refractivity contribution >= 4 is 65.2 Å². The predicted octanol–water partition coefficient (Wildman–Crippen LogP) is 16.8. The average molecular weight is 867 g/mol. The lowest BCUT2D eigenvalue weighted by Gasteiger charge is -2.15. The Balaban J connectivity index is 1.06. The molecule has 0 amide bonds. The van der Waals surface area contributed by atoms with Gasteiger partial charge in [-0.1, -0.05) is 200 Å². The van der Waals surface area contributed by atoms with Gasteiger partial charge in [0.05, 0.1) is 27.8 Å². The van der Waals surface area contributed by atoms with Crippen LogP contribution in [-0.4, -0.2) is 19.1 Å². The number of para-hydroxylation sites is 2. The molecule has 0 N–H and O–H groups in total. The second-order valence-corrected chi connectivity index (χ2v) is 17.3. The maximum absolute atomic E-state index is 5.28. The van der Waals surface area contributed by atoms with Crippen molar-refractivity contribution in [3.8, 4) is 56.4 Å². The molecule has 0 radical (unpaired) electrons. The zero-order valence-corrected chi connectivity index (χ0v) is 37.0. The molecule has 3 heterocycles. The van der Waals surface area contributed by atoms with E-state index in [1.54, 1.807) is 0 Å². The molecule has 0 spiro atoms. The molecule has 3 aromatic heterocycles. The highest BCUT2D eigenvalue weighted by atomic mass is 15.1. The summed E-state index contributed by atoms with van der Waals surface area (Å²) in [5.41, 5.74) is 13.0. The minimum Gasteiger partial charge on any atom is -0.309 e. The highest BCUT2D eigenvalue weighted by Crippen LogP contribution is 2.39. The Hall–Kier alpha value is -9.12. The van der Waals surface area contributed by atoms with Gasteiger partial charge in [0.2, 0.25) is 0 Å². The highest BCUT2D eigenvalue weighted by molar-refractivity contribution is 6.20. The van der Waals surface area contributed by atoms with Crippen LogP contribution in [0.5, 0.6) is 0 Å². The number of aromatic nitrogens is 4. The maximum atomic E-state index is 5.28. The van der Waals surface area contributed by atoms with Crippen molar-refractivity contribution in [3.05, 3.63) is 255 Å². The standard InChI is InChI=1S/C64H42N4/c1-4-18-43(19-5-1)44-32-36-49(37-33-44)67-59-30-16-14-28-54(59)52-26-12-10-24-50(52)51-25-11-13-27-53(51)56-40-47(34-38-61(56)67)48-35-39-62-57(41-48)55-29-15-17-31-60(55)68(62)63-42-58(45-20-6-2-7-21-45)65-64(66-63)46-22-8-3-9-23-46/h1-42H. The van der Waals surface area contributed by atoms with Gasteiger partial charge in [-0.3, -0.25) is 4.57 Å². The number of nitrogens with zero attached hydrogens (tertiary/aromatic N) is 4. The van der Waals surface area contributed by atoms with E-state index in [2.05, 4.69) is 240 Å². The fourth-order valence-electron chi connectivity index (χ4n) is 10.2. The largest absolute Gasteiger partial charge is 0.309 e. The summed E-state index contributed by atoms with van der Waals surface area (Å²) >= 11 is 0. The van der Waals surface area contributed by atoms with Crippen LogP contribution in [0.25, 0.3) is 122 Å². The van der Waals surface area contributed by atoms with E-state index in [0.717, 1.165) is 77.7 Å². The molecule has 0 unspecified atom stereocenters. The van der Waals surface area contributed by atoms with E-state index in [-0.39, 0.29) is 0 Å². The van der Waals surface area contributed by atoms with Gasteiger partial charge in [0.1, 0.15) is 5.82 Å². The number of hydrogen-bond donors (Lipinski definition) is 0. The lowest BCUT2D eigenvalue weighted by Crippen LogP contribution is -2.02. The summed E-state index contributed by atoms with van der Waals surface area (Å²) in [6, 6.07) is 91.5. The Labute approximate surface area is 393 Å². The number of fused-ring (bicyclic) bond motifs is 10. The van der Waals surface area contributed by atoms with E-state index >= 15 is 0 Å². The quantitative estimate of drug-likeness (QED) is 0.167. The summed E-state index contributed by atoms with van der Waals surface area (Å²) in [6.45, 7) is 0. The molecule has 0 bridgehead atoms. The molecular weight excluding hydrogens is 825 g/mol. The van der Waals surface area contributed by atoms with Crippen LogP contribution in [0.4, 0.5) is 0 Å². The van der Waals surface area contributed by atoms with Gasteiger partial charge in [-0.15, -0.1) is 0 Å². The monoisotopic (exact) mass is 866 g/mol. The molecule has 0 aliphatic carbocycles. The number of rotatable bonds is 6. The van der Waals surface area contributed by atoms with Crippen molar-refractivity contribution in [2.45, 2.75) is 0 Å². The van der Waals surface area contributed by atoms with Crippen molar-refractivity contribution in [1.29, 1.82) is 0 Å². The summed E-state index contributed by atoms with van der Waals surface area (Å²) in [7, 11) is 0. The minimum absolute atomic E-state index is 0.688. The van der Waals surface area contributed by atoms with E-state index in [4.69, 9.17) is 9.97 Å². The Morgan fingerprint density at radius 1 is 0.235 bits per heavy atom. The van der Waals surface area contributed by atoms with E-state index < -0.39 is 0 Å². The summed E-state index contributed by atoms with van der Waals surface area (Å²) < 4.78 is 4.75. The molecule has 13 aromatic rings. The molecule has 0 aliphatic heterocycles. The molecule has 13 rings (SSSR count). The first-order valence-corrected chi connectivity index (χ1v) is 23.2. The first-order valence-electron chi connectivity index (χ1n) is 23.2. The first kappa shape index (κ1) is 39.3. The molecule has 0 fully saturated rings. The van der Waals surface area contributed by atoms with Crippen LogP contribution in [-0.2, 0) is 0 Å². The SMILES string of the molecule is c1ccc(-c2ccc(-n3c4ccccc4c4ccccc4c4ccccc4c4cc(-c5ccc6c(c5)c5ccccc5n6-c5cc(-c6ccccc6)nc(-c6ccccc6)n5)ccc43)cc2)cc1. The lowest BCUT2D eigenvalue weighted by molar-refractivity contribution is 1.05. The molecular formula is C64H42N4. The summed E-state index contributed by atoms with van der Waals surface area (Å²) in [5, 5.41) is 9.44. The average Bonchev–Trinajstić information content (AvgIpc) is 3.77. The minimum atomic E-state index is 0.688. The van der Waals surface area contributed by atoms with Crippen LogP contribution in [0, 0.1) is 0 Å². The van der Waals surface area contributed by atoms with Gasteiger partial charge >= 0.3 is 0 Å². The van der Waals surface area contributed by atoms with Crippen molar-refractivity contribution in [2.75, 3.05) is 0 Å². The Bertz CT molecular complexity index is 4060. The van der Waals surface area contributed by atoms with Crippen molar-refractivity contribution in [1.82, 2.24) is 19.1 Å². The van der Waals surface area contributed by atoms with Gasteiger partial charge in [-0.25, -0.2) is 9.97 Å². The molecule has 4 heteroatoms. The molecule has 0 aliphatic rings. The van der Waals surface area contributed by atoms with Gasteiger partial charge < -0.3 is 4.57 Å². The molecule has 0 atom stereocenters. The summed E-state index contributed by atoms with van der Waals surface area (Å²) in [6.07, 6.45) is 0. The molecule has 318 valence electrons. The number of hydrogen-bond acceptors (Lipinski definition) is 2. The van der Waals surface area contributed by atoms with E-state index in [1.807, 2.05) is 24.3 Å². The smallest absolute Gasteiger partial charge is 0.162 e. The topological polar surface area (TPSA) is 35.6 Å². The normalized spacial score (nSPS) is 11.5. The van der Waals surface area contributed by atoms with Gasteiger partial charge in [0.25, 0.3) is 0 Å². The first-order chi connectivity index (χ1) is 33.7. The Kier molecular flexibility index (Phi) is 9.47. The summed E-state index contributed by atoms with van der Waals surface area (Å²) in [5.74, 6) is 1.51. The fraction of sp³-hybridized carbons (Fsp3) is 0. The Morgan fingerprint density at radius 3 is 1.21 bits per heavy atom. The van der Waals surface area contributed by atoms with Crippen LogP contribution in [0.15, 0.2) is 255 Å². The second-order valence-electron chi connectivity index (χ2n) is 17.3. The maximum Gasteiger partial charge on any atom is 0.162 e. The van der Waals surface area contributed by atoms with Gasteiger partial charge in [-0.05, 0) is 92.3 Å². The van der Waals surface area contributed by atoms with Crippen LogP contribution >= 0.6 is 0 Å². The molecule has 4 nitrogen and oxygen atoms in total. The molecule has 68 heavy (non-hydrogen) atoms. The molecule has 0 saturated carbocycles. The van der Waals surface area contributed by atoms with Crippen molar-refractivity contribution in [2.24, 2.45) is 0 Å². The van der Waals surface area contributed by atoms with Crippen LogP contribution in [0.1, 0.15) is 0 Å². The second kappa shape index (κ2) is 16.4. The molecule has 0 saturated heterocycles. The summed E-state index contributed by atoms with van der Waals surface area (Å²) in [4.78, 5) is 10.4. The van der Waals surface area contributed by atoms with Crippen LogP contribution in [0.2, 0.25) is 0 Å². The van der Waals surface area contributed by atoms with E-state index in [1.165, 1.54) is 38.1 Å². The molecule has 10 aromatic carbocycles. The lowest BCUT2D eigenvalue weighted by atomic mass is 9.98. The zero-order chi connectivity index (χ0) is 45.0. The van der Waals surface area contributed by atoms with Crippen LogP contribution < -0.4 is 0 Å². The zero-order valence-electron chi connectivity index (χ0n) is 37.0. The highest BCUT2D eigenvalue weighted by Gasteiger charge is 2.18.